The lowest BCUT2D eigenvalue weighted by Gasteiger charge is -2.29. The fraction of sp³-hybridized carbons (Fsp3) is 0.929. The molecule has 35 heavy (non-hydrogen) atoms. The summed E-state index contributed by atoms with van der Waals surface area (Å²) in [7, 11) is 0. The first-order valence-electron chi connectivity index (χ1n) is 14.1. The van der Waals surface area contributed by atoms with Gasteiger partial charge in [0, 0.05) is 0 Å². The third kappa shape index (κ3) is 14.8. The van der Waals surface area contributed by atoms with Crippen molar-refractivity contribution in [2.24, 2.45) is 5.41 Å². The van der Waals surface area contributed by atoms with Crippen LogP contribution in [0.5, 0.6) is 0 Å². The van der Waals surface area contributed by atoms with E-state index in [0.29, 0.717) is 6.42 Å². The van der Waals surface area contributed by atoms with Crippen molar-refractivity contribution in [3.05, 3.63) is 0 Å². The minimum atomic E-state index is -4.67. The van der Waals surface area contributed by atoms with Crippen LogP contribution in [0.2, 0.25) is 0 Å². The van der Waals surface area contributed by atoms with E-state index in [4.69, 9.17) is 4.74 Å². The predicted molar refractivity (Wildman–Crippen MR) is 135 cm³/mol. The Labute approximate surface area is 212 Å². The Morgan fingerprint density at radius 2 is 1.00 bits per heavy atom. The summed E-state index contributed by atoms with van der Waals surface area (Å²) in [5.41, 5.74) is -1.69. The van der Waals surface area contributed by atoms with Crippen molar-refractivity contribution >= 4 is 11.9 Å². The van der Waals surface area contributed by atoms with Gasteiger partial charge in [-0.3, -0.25) is 9.59 Å². The van der Waals surface area contributed by atoms with E-state index in [-0.39, 0.29) is 19.4 Å². The second kappa shape index (κ2) is 19.9. The molecular formula is C28H51F3O4. The molecule has 0 amide bonds. The molecule has 0 bridgehead atoms. The van der Waals surface area contributed by atoms with Gasteiger partial charge in [-0.25, -0.2) is 0 Å². The summed E-state index contributed by atoms with van der Waals surface area (Å²) in [5.74, 6) is -1.95. The van der Waals surface area contributed by atoms with Crippen LogP contribution < -0.4 is 0 Å². The van der Waals surface area contributed by atoms with Crippen LogP contribution in [0.3, 0.4) is 0 Å². The third-order valence-corrected chi connectivity index (χ3v) is 6.96. The summed E-state index contributed by atoms with van der Waals surface area (Å²) in [4.78, 5) is 24.9. The Morgan fingerprint density at radius 3 is 1.34 bits per heavy atom. The van der Waals surface area contributed by atoms with E-state index < -0.39 is 29.6 Å². The van der Waals surface area contributed by atoms with Gasteiger partial charge >= 0.3 is 18.1 Å². The van der Waals surface area contributed by atoms with Gasteiger partial charge in [0.1, 0.15) is 0 Å². The van der Waals surface area contributed by atoms with Crippen molar-refractivity contribution in [3.8, 4) is 0 Å². The highest BCUT2D eigenvalue weighted by molar-refractivity contribution is 6.00. The minimum Gasteiger partial charge on any atom is -0.465 e. The van der Waals surface area contributed by atoms with Gasteiger partial charge in [0.05, 0.1) is 6.61 Å². The number of halogens is 3. The SMILES string of the molecule is CCCCCCCCCCCCCCCCCCOC(=O)C(CC)(CC)C(=O)OC(C)C(F)(F)F. The van der Waals surface area contributed by atoms with Gasteiger partial charge in [-0.05, 0) is 26.2 Å². The lowest BCUT2D eigenvalue weighted by Crippen LogP contribution is -2.44. The molecule has 0 N–H and O–H groups in total. The van der Waals surface area contributed by atoms with Gasteiger partial charge in [0.25, 0.3) is 0 Å². The van der Waals surface area contributed by atoms with E-state index in [1.54, 1.807) is 13.8 Å². The molecule has 0 fully saturated rings. The molecule has 0 spiro atoms. The molecular weight excluding hydrogens is 457 g/mol. The molecule has 208 valence electrons. The summed E-state index contributed by atoms with van der Waals surface area (Å²) in [6.45, 7) is 6.34. The van der Waals surface area contributed by atoms with Gasteiger partial charge in [0.2, 0.25) is 0 Å². The maximum Gasteiger partial charge on any atom is 0.425 e. The van der Waals surface area contributed by atoms with E-state index in [0.717, 1.165) is 26.2 Å². The number of rotatable bonds is 22. The zero-order valence-corrected chi connectivity index (χ0v) is 22.8. The fourth-order valence-corrected chi connectivity index (χ4v) is 4.20. The van der Waals surface area contributed by atoms with Crippen LogP contribution in [0.15, 0.2) is 0 Å². The maximum atomic E-state index is 12.7. The van der Waals surface area contributed by atoms with Crippen LogP contribution in [-0.4, -0.2) is 30.8 Å². The molecule has 0 aromatic carbocycles. The van der Waals surface area contributed by atoms with Crippen LogP contribution in [0.4, 0.5) is 13.2 Å². The molecule has 0 aliphatic rings. The van der Waals surface area contributed by atoms with E-state index in [2.05, 4.69) is 11.7 Å². The molecule has 0 aliphatic heterocycles. The maximum absolute atomic E-state index is 12.7. The van der Waals surface area contributed by atoms with Crippen LogP contribution in [0.25, 0.3) is 0 Å². The third-order valence-electron chi connectivity index (χ3n) is 6.96. The summed E-state index contributed by atoms with van der Waals surface area (Å²) >= 11 is 0. The normalized spacial score (nSPS) is 13.0. The zero-order chi connectivity index (χ0) is 26.6. The number of esters is 2. The van der Waals surface area contributed by atoms with Crippen LogP contribution in [0, 0.1) is 5.41 Å². The Bertz CT molecular complexity index is 545. The van der Waals surface area contributed by atoms with E-state index in [1.165, 1.54) is 77.0 Å². The van der Waals surface area contributed by atoms with Crippen molar-refractivity contribution in [1.82, 2.24) is 0 Å². The first kappa shape index (κ1) is 33.7. The number of ether oxygens (including phenoxy) is 2. The molecule has 0 rings (SSSR count). The molecule has 0 heterocycles. The molecule has 4 nitrogen and oxygen atoms in total. The molecule has 0 saturated carbocycles. The Morgan fingerprint density at radius 1 is 0.629 bits per heavy atom. The molecule has 1 atom stereocenters. The standard InChI is InChI=1S/C28H51F3O4/c1-5-8-9-10-11-12-13-14-15-16-17-18-19-20-21-22-23-34-25(32)27(6-2,7-3)26(33)35-24(4)28(29,30)31/h24H,5-23H2,1-4H3. The zero-order valence-electron chi connectivity index (χ0n) is 22.8. The van der Waals surface area contributed by atoms with Gasteiger partial charge in [-0.1, -0.05) is 117 Å². The second-order valence-electron chi connectivity index (χ2n) is 9.82. The summed E-state index contributed by atoms with van der Waals surface area (Å²) < 4.78 is 48.0. The summed E-state index contributed by atoms with van der Waals surface area (Å²) in [6.07, 6.45) is 13.0. The van der Waals surface area contributed by atoms with Gasteiger partial charge in [-0.15, -0.1) is 0 Å². The van der Waals surface area contributed by atoms with Crippen LogP contribution >= 0.6 is 0 Å². The predicted octanol–water partition coefficient (Wildman–Crippen LogP) is 9.09. The van der Waals surface area contributed by atoms with Crippen LogP contribution in [0.1, 0.15) is 143 Å². The lowest BCUT2D eigenvalue weighted by atomic mass is 9.82. The number of alkyl halides is 3. The molecule has 0 aromatic heterocycles. The highest BCUT2D eigenvalue weighted by atomic mass is 19.4. The number of hydrogen-bond acceptors (Lipinski definition) is 4. The number of carbonyl (C=O) groups is 2. The van der Waals surface area contributed by atoms with E-state index in [9.17, 15) is 22.8 Å². The molecule has 0 saturated heterocycles. The lowest BCUT2D eigenvalue weighted by molar-refractivity contribution is -0.223. The number of carbonyl (C=O) groups excluding carboxylic acids is 2. The average molecular weight is 509 g/mol. The van der Waals surface area contributed by atoms with Gasteiger partial charge in [-0.2, -0.15) is 13.2 Å². The first-order chi connectivity index (χ1) is 16.7. The number of unbranched alkanes of at least 4 members (excludes halogenated alkanes) is 15. The van der Waals surface area contributed by atoms with Crippen molar-refractivity contribution in [3.63, 3.8) is 0 Å². The van der Waals surface area contributed by atoms with E-state index >= 15 is 0 Å². The highest BCUT2D eigenvalue weighted by Crippen LogP contribution is 2.33. The van der Waals surface area contributed by atoms with Crippen molar-refractivity contribution < 1.29 is 32.2 Å². The smallest absolute Gasteiger partial charge is 0.425 e. The second-order valence-corrected chi connectivity index (χ2v) is 9.82. The summed E-state index contributed by atoms with van der Waals surface area (Å²) in [5, 5.41) is 0. The Kier molecular flexibility index (Phi) is 19.1. The monoisotopic (exact) mass is 508 g/mol. The van der Waals surface area contributed by atoms with Gasteiger partial charge in [0.15, 0.2) is 11.5 Å². The topological polar surface area (TPSA) is 52.6 Å². The van der Waals surface area contributed by atoms with Gasteiger partial charge < -0.3 is 9.47 Å². The fourth-order valence-electron chi connectivity index (χ4n) is 4.20. The average Bonchev–Trinajstić information content (AvgIpc) is 2.81. The molecule has 1 unspecified atom stereocenters. The Hall–Kier alpha value is -1.27. The summed E-state index contributed by atoms with van der Waals surface area (Å²) in [6, 6.07) is 0. The highest BCUT2D eigenvalue weighted by Gasteiger charge is 2.49. The van der Waals surface area contributed by atoms with Crippen LogP contribution in [-0.2, 0) is 19.1 Å². The molecule has 0 radical (unpaired) electrons. The molecule has 0 aliphatic carbocycles. The van der Waals surface area contributed by atoms with E-state index in [1.807, 2.05) is 0 Å². The van der Waals surface area contributed by atoms with Crippen molar-refractivity contribution in [2.75, 3.05) is 6.61 Å². The van der Waals surface area contributed by atoms with Crippen molar-refractivity contribution in [2.45, 2.75) is 156 Å². The quantitative estimate of drug-likeness (QED) is 0.0831. The largest absolute Gasteiger partial charge is 0.465 e. The Balaban J connectivity index is 3.89. The molecule has 7 heteroatoms. The first-order valence-corrected chi connectivity index (χ1v) is 14.1. The van der Waals surface area contributed by atoms with Crippen molar-refractivity contribution in [1.29, 1.82) is 0 Å². The molecule has 0 aromatic rings. The number of hydrogen-bond donors (Lipinski definition) is 0. The minimum absolute atomic E-state index is 0.0324.